The van der Waals surface area contributed by atoms with Crippen LogP contribution in [0.2, 0.25) is 0 Å². The quantitative estimate of drug-likeness (QED) is 0.295. The summed E-state index contributed by atoms with van der Waals surface area (Å²) in [6.45, 7) is 9.32. The van der Waals surface area contributed by atoms with Crippen molar-refractivity contribution in [1.82, 2.24) is 15.6 Å². The number of ether oxygens (including phenoxy) is 2. The molecule has 1 fully saturated rings. The van der Waals surface area contributed by atoms with Crippen LogP contribution in [-0.2, 0) is 17.7 Å². The van der Waals surface area contributed by atoms with E-state index in [0.29, 0.717) is 19.1 Å². The second-order valence-electron chi connectivity index (χ2n) is 7.65. The van der Waals surface area contributed by atoms with Crippen molar-refractivity contribution in [2.75, 3.05) is 26.8 Å². The minimum atomic E-state index is 0. The molecule has 1 aromatic carbocycles. The van der Waals surface area contributed by atoms with Crippen LogP contribution in [0.15, 0.2) is 28.6 Å². The van der Waals surface area contributed by atoms with Gasteiger partial charge in [-0.25, -0.2) is 4.98 Å². The fraction of sp³-hybridized carbons (Fsp3) is 0.545. The molecule has 1 unspecified atom stereocenters. The second kappa shape index (κ2) is 12.5. The van der Waals surface area contributed by atoms with Gasteiger partial charge in [0, 0.05) is 49.8 Å². The van der Waals surface area contributed by atoms with E-state index in [1.165, 1.54) is 10.6 Å². The predicted octanol–water partition coefficient (Wildman–Crippen LogP) is 4.27. The highest BCUT2D eigenvalue weighted by Gasteiger charge is 2.18. The molecule has 6 nitrogen and oxygen atoms in total. The lowest BCUT2D eigenvalue weighted by atomic mass is 10.1. The largest absolute Gasteiger partial charge is 0.488 e. The van der Waals surface area contributed by atoms with Crippen molar-refractivity contribution in [2.45, 2.75) is 52.2 Å². The summed E-state index contributed by atoms with van der Waals surface area (Å²) < 4.78 is 11.6. The Morgan fingerprint density at radius 1 is 1.37 bits per heavy atom. The Bertz CT molecular complexity index is 819. The zero-order valence-electron chi connectivity index (χ0n) is 18.2. The number of aromatic nitrogens is 1. The molecule has 0 aliphatic carbocycles. The van der Waals surface area contributed by atoms with Gasteiger partial charge in [0.1, 0.15) is 11.9 Å². The van der Waals surface area contributed by atoms with Gasteiger partial charge < -0.3 is 20.1 Å². The molecule has 1 aromatic heterocycles. The second-order valence-corrected chi connectivity index (χ2v) is 8.54. The van der Waals surface area contributed by atoms with Crippen LogP contribution in [0.25, 0.3) is 0 Å². The topological polar surface area (TPSA) is 67.8 Å². The lowest BCUT2D eigenvalue weighted by Crippen LogP contribution is -2.38. The molecule has 1 aliphatic rings. The first-order chi connectivity index (χ1) is 14.0. The van der Waals surface area contributed by atoms with E-state index in [1.54, 1.807) is 18.4 Å². The Morgan fingerprint density at radius 2 is 2.20 bits per heavy atom. The molecule has 3 rings (SSSR count). The number of thiazole rings is 1. The number of nitrogens with zero attached hydrogens (tertiary/aromatic N) is 2. The van der Waals surface area contributed by atoms with Crippen molar-refractivity contribution in [3.05, 3.63) is 45.4 Å². The molecule has 0 radical (unpaired) electrons. The van der Waals surface area contributed by atoms with Crippen LogP contribution in [0.1, 0.15) is 48.0 Å². The van der Waals surface area contributed by atoms with Gasteiger partial charge in [0.05, 0.1) is 23.9 Å². The van der Waals surface area contributed by atoms with Gasteiger partial charge in [-0.3, -0.25) is 4.99 Å². The lowest BCUT2D eigenvalue weighted by molar-refractivity contribution is 0.140. The van der Waals surface area contributed by atoms with Gasteiger partial charge >= 0.3 is 0 Å². The zero-order valence-corrected chi connectivity index (χ0v) is 21.4. The highest BCUT2D eigenvalue weighted by Crippen LogP contribution is 2.24. The number of rotatable bonds is 8. The van der Waals surface area contributed by atoms with Crippen LogP contribution >= 0.6 is 35.3 Å². The fourth-order valence-corrected chi connectivity index (χ4v) is 3.98. The van der Waals surface area contributed by atoms with Crippen LogP contribution < -0.4 is 15.4 Å². The SMILES string of the molecule is CN=C(NCCc1csc(C(C)C)n1)NCc1ccc(C)cc1OC1CCOC1.I. The highest BCUT2D eigenvalue weighted by atomic mass is 127. The van der Waals surface area contributed by atoms with E-state index >= 15 is 0 Å². The molecule has 2 aromatic rings. The van der Waals surface area contributed by atoms with Gasteiger partial charge in [-0.1, -0.05) is 26.0 Å². The summed E-state index contributed by atoms with van der Waals surface area (Å²) in [6, 6.07) is 6.32. The van der Waals surface area contributed by atoms with Crippen molar-refractivity contribution in [3.63, 3.8) is 0 Å². The number of hydrogen-bond acceptors (Lipinski definition) is 5. The van der Waals surface area contributed by atoms with E-state index in [0.717, 1.165) is 49.0 Å². The first-order valence-electron chi connectivity index (χ1n) is 10.3. The van der Waals surface area contributed by atoms with E-state index in [-0.39, 0.29) is 30.1 Å². The number of nitrogens with one attached hydrogen (secondary N) is 2. The first-order valence-corrected chi connectivity index (χ1v) is 11.2. The monoisotopic (exact) mass is 544 g/mol. The number of hydrogen-bond donors (Lipinski definition) is 2. The molecule has 0 spiro atoms. The standard InChI is InChI=1S/C22H32N4O2S.HI/c1-15(2)21-26-18(14-29-21)7-9-24-22(23-4)25-12-17-6-5-16(3)11-20(17)28-19-8-10-27-13-19;/h5-6,11,14-15,19H,7-10,12-13H2,1-4H3,(H2,23,24,25);1H. The molecule has 30 heavy (non-hydrogen) atoms. The van der Waals surface area contributed by atoms with Gasteiger partial charge in [0.15, 0.2) is 5.96 Å². The van der Waals surface area contributed by atoms with Crippen LogP contribution in [-0.4, -0.2) is 43.9 Å². The molecule has 1 atom stereocenters. The van der Waals surface area contributed by atoms with Gasteiger partial charge in [-0.05, 0) is 18.6 Å². The van der Waals surface area contributed by atoms with E-state index in [4.69, 9.17) is 9.47 Å². The number of guanidine groups is 1. The summed E-state index contributed by atoms with van der Waals surface area (Å²) in [4.78, 5) is 9.02. The Labute approximate surface area is 200 Å². The number of aryl methyl sites for hydroxylation is 1. The lowest BCUT2D eigenvalue weighted by Gasteiger charge is -2.18. The molecule has 8 heteroatoms. The highest BCUT2D eigenvalue weighted by molar-refractivity contribution is 14.0. The summed E-state index contributed by atoms with van der Waals surface area (Å²) in [5, 5.41) is 10.1. The third-order valence-corrected chi connectivity index (χ3v) is 6.01. The number of benzene rings is 1. The third-order valence-electron chi connectivity index (χ3n) is 4.81. The van der Waals surface area contributed by atoms with Crippen LogP contribution in [0.3, 0.4) is 0 Å². The Hall–Kier alpha value is -1.39. The minimum absolute atomic E-state index is 0. The summed E-state index contributed by atoms with van der Waals surface area (Å²) >= 11 is 1.74. The third kappa shape index (κ3) is 7.39. The maximum absolute atomic E-state index is 6.18. The van der Waals surface area contributed by atoms with Crippen LogP contribution in [0.4, 0.5) is 0 Å². The molecule has 1 saturated heterocycles. The van der Waals surface area contributed by atoms with Crippen molar-refractivity contribution in [1.29, 1.82) is 0 Å². The molecule has 0 bridgehead atoms. The normalized spacial score (nSPS) is 16.4. The maximum atomic E-state index is 6.18. The van der Waals surface area contributed by atoms with Gasteiger partial charge in [-0.15, -0.1) is 35.3 Å². The Balaban J connectivity index is 0.00000320. The average molecular weight is 545 g/mol. The van der Waals surface area contributed by atoms with Crippen molar-refractivity contribution < 1.29 is 9.47 Å². The molecule has 2 N–H and O–H groups in total. The molecule has 166 valence electrons. The summed E-state index contributed by atoms with van der Waals surface area (Å²) in [7, 11) is 1.79. The van der Waals surface area contributed by atoms with Crippen LogP contribution in [0.5, 0.6) is 5.75 Å². The van der Waals surface area contributed by atoms with E-state index in [9.17, 15) is 0 Å². The summed E-state index contributed by atoms with van der Waals surface area (Å²) in [6.07, 6.45) is 1.96. The van der Waals surface area contributed by atoms with Gasteiger partial charge in [0.25, 0.3) is 0 Å². The molecular weight excluding hydrogens is 511 g/mol. The fourth-order valence-electron chi connectivity index (χ4n) is 3.11. The van der Waals surface area contributed by atoms with Crippen molar-refractivity contribution in [3.8, 4) is 5.75 Å². The number of aliphatic imine (C=N–C) groups is 1. The molecule has 0 saturated carbocycles. The van der Waals surface area contributed by atoms with E-state index < -0.39 is 0 Å². The summed E-state index contributed by atoms with van der Waals surface area (Å²) in [5.41, 5.74) is 3.44. The smallest absolute Gasteiger partial charge is 0.191 e. The average Bonchev–Trinajstić information content (AvgIpc) is 3.38. The van der Waals surface area contributed by atoms with E-state index in [1.807, 2.05) is 0 Å². The van der Waals surface area contributed by atoms with Gasteiger partial charge in [0.2, 0.25) is 0 Å². The molecule has 1 aliphatic heterocycles. The summed E-state index contributed by atoms with van der Waals surface area (Å²) in [5.74, 6) is 2.19. The van der Waals surface area contributed by atoms with Crippen molar-refractivity contribution in [2.24, 2.45) is 4.99 Å². The number of halogens is 1. The molecule has 0 amide bonds. The van der Waals surface area contributed by atoms with Crippen molar-refractivity contribution >= 4 is 41.3 Å². The Morgan fingerprint density at radius 3 is 2.87 bits per heavy atom. The predicted molar refractivity (Wildman–Crippen MR) is 135 cm³/mol. The molecular formula is C22H33IN4O2S. The zero-order chi connectivity index (χ0) is 20.6. The Kier molecular flexibility index (Phi) is 10.3. The maximum Gasteiger partial charge on any atom is 0.191 e. The van der Waals surface area contributed by atoms with Crippen LogP contribution in [0, 0.1) is 6.92 Å². The first kappa shape index (κ1) is 24.9. The minimum Gasteiger partial charge on any atom is -0.488 e. The van der Waals surface area contributed by atoms with Gasteiger partial charge in [-0.2, -0.15) is 0 Å². The van der Waals surface area contributed by atoms with E-state index in [2.05, 4.69) is 65.0 Å². The molecule has 2 heterocycles.